The molecule has 11 nitrogen and oxygen atoms in total. The molecule has 178 valence electrons. The molecule has 3 aliphatic rings. The first-order valence-electron chi connectivity index (χ1n) is 10.6. The van der Waals surface area contributed by atoms with Gasteiger partial charge in [-0.3, -0.25) is 9.48 Å². The lowest BCUT2D eigenvalue weighted by Gasteiger charge is -2.42. The predicted molar refractivity (Wildman–Crippen MR) is 113 cm³/mol. The number of hydrogen-bond acceptors (Lipinski definition) is 8. The normalized spacial score (nSPS) is 23.5. The second kappa shape index (κ2) is 7.51. The topological polar surface area (TPSA) is 129 Å². The number of nitrogens with one attached hydrogen (secondary N) is 1. The third-order valence-electron chi connectivity index (χ3n) is 6.36. The maximum absolute atomic E-state index is 13.3. The van der Waals surface area contributed by atoms with Crippen LogP contribution < -0.4 is 4.72 Å². The van der Waals surface area contributed by atoms with E-state index in [0.29, 0.717) is 37.1 Å². The van der Waals surface area contributed by atoms with Crippen LogP contribution >= 0.6 is 0 Å². The molecule has 2 fully saturated rings. The molecule has 1 saturated carbocycles. The monoisotopic (exact) mass is 470 g/mol. The molecule has 1 aliphatic carbocycles. The first kappa shape index (κ1) is 23.1. The molecule has 32 heavy (non-hydrogen) atoms. The Balaban J connectivity index is 1.50. The van der Waals surface area contributed by atoms with Gasteiger partial charge in [-0.1, -0.05) is 0 Å². The van der Waals surface area contributed by atoms with Crippen molar-refractivity contribution in [3.63, 3.8) is 0 Å². The third kappa shape index (κ3) is 3.93. The standard InChI is InChI=1S/C20H30N4O7S/c1-18(2)30-11-19(3,12-31-18)22-32(27,28)20(7-8-20)10-24-9-6-13-14(17(26)29-5)21-23(4)15(13)16(24)25/h22H,6-12H2,1-5H3. The number of aryl methyl sites for hydroxylation is 1. The van der Waals surface area contributed by atoms with E-state index in [1.807, 2.05) is 0 Å². The molecule has 1 aromatic heterocycles. The molecule has 0 bridgehead atoms. The summed E-state index contributed by atoms with van der Waals surface area (Å²) in [6, 6.07) is 0. The van der Waals surface area contributed by atoms with E-state index in [1.165, 1.54) is 16.7 Å². The van der Waals surface area contributed by atoms with Crippen molar-refractivity contribution >= 4 is 21.9 Å². The van der Waals surface area contributed by atoms with Crippen molar-refractivity contribution in [2.24, 2.45) is 7.05 Å². The number of carbonyl (C=O) groups is 2. The fourth-order valence-electron chi connectivity index (χ4n) is 4.22. The number of fused-ring (bicyclic) bond motifs is 1. The van der Waals surface area contributed by atoms with Gasteiger partial charge in [0.05, 0.1) is 25.9 Å². The smallest absolute Gasteiger partial charge is 0.358 e. The number of methoxy groups -OCH3 is 1. The Kier molecular flexibility index (Phi) is 5.43. The minimum absolute atomic E-state index is 0.0721. The highest BCUT2D eigenvalue weighted by Gasteiger charge is 2.58. The van der Waals surface area contributed by atoms with Gasteiger partial charge in [0, 0.05) is 25.7 Å². The molecule has 1 aromatic rings. The Bertz CT molecular complexity index is 1050. The van der Waals surface area contributed by atoms with Crippen LogP contribution in [0, 0.1) is 0 Å². The molecule has 1 saturated heterocycles. The molecular formula is C20H30N4O7S. The van der Waals surface area contributed by atoms with Crippen LogP contribution in [0.25, 0.3) is 0 Å². The van der Waals surface area contributed by atoms with E-state index < -0.39 is 32.1 Å². The Hall–Kier alpha value is -2.02. The summed E-state index contributed by atoms with van der Waals surface area (Å²) in [5.74, 6) is -1.69. The largest absolute Gasteiger partial charge is 0.464 e. The van der Waals surface area contributed by atoms with Crippen molar-refractivity contribution in [3.05, 3.63) is 17.0 Å². The first-order chi connectivity index (χ1) is 14.8. The Morgan fingerprint density at radius 1 is 1.22 bits per heavy atom. The maximum atomic E-state index is 13.3. The quantitative estimate of drug-likeness (QED) is 0.584. The van der Waals surface area contributed by atoms with Crippen molar-refractivity contribution in [2.75, 3.05) is 33.4 Å². The molecule has 12 heteroatoms. The molecule has 2 aliphatic heterocycles. The zero-order chi connectivity index (χ0) is 23.5. The summed E-state index contributed by atoms with van der Waals surface area (Å²) < 4.78 is 45.8. The zero-order valence-corrected chi connectivity index (χ0v) is 19.9. The zero-order valence-electron chi connectivity index (χ0n) is 19.1. The van der Waals surface area contributed by atoms with Gasteiger partial charge in [0.1, 0.15) is 10.4 Å². The molecule has 0 radical (unpaired) electrons. The van der Waals surface area contributed by atoms with Crippen LogP contribution in [-0.4, -0.2) is 84.5 Å². The van der Waals surface area contributed by atoms with E-state index >= 15 is 0 Å². The number of hydrogen-bond donors (Lipinski definition) is 1. The average Bonchev–Trinajstić information content (AvgIpc) is 3.43. The minimum atomic E-state index is -3.77. The fourth-order valence-corrected chi connectivity index (χ4v) is 6.17. The maximum Gasteiger partial charge on any atom is 0.358 e. The SMILES string of the molecule is COC(=O)c1nn(C)c2c1CCN(CC1(S(=O)(=O)NC3(C)COC(C)(C)OC3)CC1)C2=O. The van der Waals surface area contributed by atoms with Crippen molar-refractivity contribution in [2.45, 2.75) is 56.1 Å². The van der Waals surface area contributed by atoms with Crippen LogP contribution in [0.4, 0.5) is 0 Å². The lowest BCUT2D eigenvalue weighted by Crippen LogP contribution is -2.61. The summed E-state index contributed by atoms with van der Waals surface area (Å²) in [5.41, 5.74) is 0.0706. The third-order valence-corrected chi connectivity index (χ3v) is 8.80. The number of ether oxygens (including phenoxy) is 3. The van der Waals surface area contributed by atoms with E-state index in [9.17, 15) is 18.0 Å². The Morgan fingerprint density at radius 3 is 2.41 bits per heavy atom. The summed E-state index contributed by atoms with van der Waals surface area (Å²) in [6.07, 6.45) is 1.32. The van der Waals surface area contributed by atoms with Gasteiger partial charge in [-0.2, -0.15) is 5.10 Å². The summed E-state index contributed by atoms with van der Waals surface area (Å²) >= 11 is 0. The summed E-state index contributed by atoms with van der Waals surface area (Å²) in [6.45, 7) is 6.06. The van der Waals surface area contributed by atoms with Gasteiger partial charge < -0.3 is 19.1 Å². The van der Waals surface area contributed by atoms with E-state index in [1.54, 1.807) is 27.8 Å². The van der Waals surface area contributed by atoms with Crippen LogP contribution in [0.5, 0.6) is 0 Å². The number of esters is 1. The van der Waals surface area contributed by atoms with E-state index in [2.05, 4.69) is 9.82 Å². The van der Waals surface area contributed by atoms with Crippen molar-refractivity contribution in [3.8, 4) is 0 Å². The van der Waals surface area contributed by atoms with Gasteiger partial charge in [-0.05, 0) is 40.0 Å². The number of rotatable bonds is 6. The molecule has 1 amide bonds. The molecule has 0 spiro atoms. The number of amides is 1. The van der Waals surface area contributed by atoms with Gasteiger partial charge in [-0.25, -0.2) is 17.9 Å². The lowest BCUT2D eigenvalue weighted by molar-refractivity contribution is -0.266. The summed E-state index contributed by atoms with van der Waals surface area (Å²) in [7, 11) is -0.918. The van der Waals surface area contributed by atoms with Gasteiger partial charge in [-0.15, -0.1) is 0 Å². The van der Waals surface area contributed by atoms with Crippen molar-refractivity contribution in [1.82, 2.24) is 19.4 Å². The highest BCUT2D eigenvalue weighted by atomic mass is 32.2. The molecule has 0 atom stereocenters. The minimum Gasteiger partial charge on any atom is -0.464 e. The van der Waals surface area contributed by atoms with E-state index in [-0.39, 0.29) is 31.4 Å². The second-order valence-corrected chi connectivity index (χ2v) is 11.7. The van der Waals surface area contributed by atoms with Gasteiger partial charge in [0.25, 0.3) is 5.91 Å². The summed E-state index contributed by atoms with van der Waals surface area (Å²) in [5, 5.41) is 4.14. The van der Waals surface area contributed by atoms with Crippen LogP contribution in [0.3, 0.4) is 0 Å². The van der Waals surface area contributed by atoms with E-state index in [4.69, 9.17) is 14.2 Å². The van der Waals surface area contributed by atoms with Gasteiger partial charge in [0.15, 0.2) is 11.5 Å². The highest BCUT2D eigenvalue weighted by molar-refractivity contribution is 7.91. The Labute approximate surface area is 187 Å². The number of aromatic nitrogens is 2. The molecule has 3 heterocycles. The molecule has 0 unspecified atom stereocenters. The van der Waals surface area contributed by atoms with Crippen molar-refractivity contribution < 1.29 is 32.2 Å². The number of nitrogens with zero attached hydrogens (tertiary/aromatic N) is 3. The second-order valence-electron chi connectivity index (χ2n) is 9.59. The first-order valence-corrected chi connectivity index (χ1v) is 12.1. The van der Waals surface area contributed by atoms with Gasteiger partial charge in [0.2, 0.25) is 10.0 Å². The summed E-state index contributed by atoms with van der Waals surface area (Å²) in [4.78, 5) is 26.7. The fraction of sp³-hybridized carbons (Fsp3) is 0.750. The van der Waals surface area contributed by atoms with Crippen LogP contribution in [0.15, 0.2) is 0 Å². The van der Waals surface area contributed by atoms with Crippen molar-refractivity contribution in [1.29, 1.82) is 0 Å². The highest BCUT2D eigenvalue weighted by Crippen LogP contribution is 2.45. The van der Waals surface area contributed by atoms with Crippen LogP contribution in [-0.2, 0) is 37.7 Å². The number of sulfonamides is 1. The number of carbonyl (C=O) groups excluding carboxylic acids is 2. The van der Waals surface area contributed by atoms with E-state index in [0.717, 1.165) is 0 Å². The molecular weight excluding hydrogens is 440 g/mol. The molecule has 4 rings (SSSR count). The predicted octanol–water partition coefficient (Wildman–Crippen LogP) is 0.199. The van der Waals surface area contributed by atoms with Crippen LogP contribution in [0.2, 0.25) is 0 Å². The average molecular weight is 471 g/mol. The van der Waals surface area contributed by atoms with Crippen LogP contribution in [0.1, 0.15) is 60.2 Å². The molecule has 1 N–H and O–H groups in total. The Morgan fingerprint density at radius 2 is 1.84 bits per heavy atom. The van der Waals surface area contributed by atoms with Gasteiger partial charge >= 0.3 is 5.97 Å². The lowest BCUT2D eigenvalue weighted by atomic mass is 10.0. The molecule has 0 aromatic carbocycles.